The zero-order chi connectivity index (χ0) is 13.3. The van der Waals surface area contributed by atoms with Crippen LogP contribution in [0.15, 0.2) is 24.3 Å². The Hall–Kier alpha value is -1.02. The number of hydrogen-bond acceptors (Lipinski definition) is 2. The predicted octanol–water partition coefficient (Wildman–Crippen LogP) is 3.35. The molecule has 1 aromatic rings. The van der Waals surface area contributed by atoms with Crippen LogP contribution in [-0.4, -0.2) is 18.6 Å². The number of benzene rings is 1. The number of nitrogens with two attached hydrogens (primary N) is 1. The third-order valence-corrected chi connectivity index (χ3v) is 4.84. The summed E-state index contributed by atoms with van der Waals surface area (Å²) in [4.78, 5) is 2.54. The number of fused-ring (bicyclic) bond motifs is 1. The predicted molar refractivity (Wildman–Crippen MR) is 81.5 cm³/mol. The summed E-state index contributed by atoms with van der Waals surface area (Å²) in [6.07, 6.45) is 7.52. The fraction of sp³-hybridized carbons (Fsp3) is 0.647. The van der Waals surface area contributed by atoms with Crippen molar-refractivity contribution in [2.45, 2.75) is 51.0 Å². The van der Waals surface area contributed by atoms with E-state index in [9.17, 15) is 0 Å². The van der Waals surface area contributed by atoms with Crippen LogP contribution >= 0.6 is 0 Å². The van der Waals surface area contributed by atoms with Crippen LogP contribution < -0.4 is 10.6 Å². The molecule has 1 saturated carbocycles. The van der Waals surface area contributed by atoms with Crippen molar-refractivity contribution in [3.05, 3.63) is 29.8 Å². The number of rotatable bonds is 2. The number of anilines is 1. The first-order valence-electron chi connectivity index (χ1n) is 7.78. The first-order valence-corrected chi connectivity index (χ1v) is 7.78. The molecule has 19 heavy (non-hydrogen) atoms. The molecule has 0 radical (unpaired) electrons. The fourth-order valence-corrected chi connectivity index (χ4v) is 4.00. The third kappa shape index (κ3) is 2.79. The van der Waals surface area contributed by atoms with Crippen molar-refractivity contribution in [1.29, 1.82) is 0 Å². The summed E-state index contributed by atoms with van der Waals surface area (Å²) in [5, 5.41) is 0. The first-order chi connectivity index (χ1) is 9.16. The molecule has 1 heterocycles. The van der Waals surface area contributed by atoms with Crippen LogP contribution in [0.3, 0.4) is 0 Å². The van der Waals surface area contributed by atoms with E-state index in [0.29, 0.717) is 0 Å². The number of hydrogen-bond donors (Lipinski definition) is 1. The van der Waals surface area contributed by atoms with E-state index in [-0.39, 0.29) is 5.54 Å². The van der Waals surface area contributed by atoms with Crippen LogP contribution in [0.25, 0.3) is 0 Å². The molecule has 2 heteroatoms. The summed E-state index contributed by atoms with van der Waals surface area (Å²) in [6.45, 7) is 4.56. The van der Waals surface area contributed by atoms with Crippen molar-refractivity contribution in [3.63, 3.8) is 0 Å². The van der Waals surface area contributed by atoms with E-state index in [1.165, 1.54) is 56.3 Å². The first kappa shape index (κ1) is 13.0. The van der Waals surface area contributed by atoms with Gasteiger partial charge in [0, 0.05) is 24.3 Å². The van der Waals surface area contributed by atoms with E-state index >= 15 is 0 Å². The van der Waals surface area contributed by atoms with Gasteiger partial charge in [-0.15, -0.1) is 0 Å². The lowest BCUT2D eigenvalue weighted by Gasteiger charge is -2.43. The lowest BCUT2D eigenvalue weighted by molar-refractivity contribution is 0.238. The van der Waals surface area contributed by atoms with Gasteiger partial charge in [-0.1, -0.05) is 38.0 Å². The molecule has 1 aromatic carbocycles. The largest absolute Gasteiger partial charge is 0.369 e. The number of aryl methyl sites for hydroxylation is 1. The van der Waals surface area contributed by atoms with Gasteiger partial charge in [0.2, 0.25) is 0 Å². The molecule has 0 saturated heterocycles. The summed E-state index contributed by atoms with van der Waals surface area (Å²) in [5.41, 5.74) is 9.65. The van der Waals surface area contributed by atoms with Gasteiger partial charge in [0.25, 0.3) is 0 Å². The molecule has 2 atom stereocenters. The monoisotopic (exact) mass is 258 g/mol. The summed E-state index contributed by atoms with van der Waals surface area (Å²) >= 11 is 0. The smallest absolute Gasteiger partial charge is 0.0399 e. The van der Waals surface area contributed by atoms with Crippen LogP contribution in [0, 0.1) is 5.92 Å². The standard InChI is InChI=1S/C17H26N2/c1-14-6-4-10-17(18,12-14)13-19-11-5-8-15-7-2-3-9-16(15)19/h2-3,7,9,14H,4-6,8,10-13,18H2,1H3. The van der Waals surface area contributed by atoms with Crippen molar-refractivity contribution in [1.82, 2.24) is 0 Å². The molecule has 1 fully saturated rings. The van der Waals surface area contributed by atoms with Crippen molar-refractivity contribution >= 4 is 5.69 Å². The van der Waals surface area contributed by atoms with Gasteiger partial charge in [0.1, 0.15) is 0 Å². The van der Waals surface area contributed by atoms with Gasteiger partial charge in [-0.3, -0.25) is 0 Å². The average Bonchev–Trinajstić information content (AvgIpc) is 2.38. The highest BCUT2D eigenvalue weighted by molar-refractivity contribution is 5.55. The molecule has 2 aliphatic rings. The minimum Gasteiger partial charge on any atom is -0.369 e. The van der Waals surface area contributed by atoms with E-state index in [2.05, 4.69) is 36.1 Å². The number of para-hydroxylation sites is 1. The lowest BCUT2D eigenvalue weighted by Crippen LogP contribution is -2.53. The van der Waals surface area contributed by atoms with Crippen LogP contribution in [-0.2, 0) is 6.42 Å². The van der Waals surface area contributed by atoms with Gasteiger partial charge in [-0.2, -0.15) is 0 Å². The second-order valence-electron chi connectivity index (χ2n) is 6.72. The maximum absolute atomic E-state index is 6.70. The van der Waals surface area contributed by atoms with E-state index in [0.717, 1.165) is 12.5 Å². The van der Waals surface area contributed by atoms with Crippen molar-refractivity contribution in [2.24, 2.45) is 11.7 Å². The molecule has 1 aliphatic carbocycles. The highest BCUT2D eigenvalue weighted by atomic mass is 15.2. The molecule has 0 aromatic heterocycles. The Kier molecular flexibility index (Phi) is 3.53. The average molecular weight is 258 g/mol. The molecule has 1 aliphatic heterocycles. The van der Waals surface area contributed by atoms with Gasteiger partial charge in [0.05, 0.1) is 0 Å². The molecule has 2 unspecified atom stereocenters. The normalized spacial score (nSPS) is 31.1. The summed E-state index contributed by atoms with van der Waals surface area (Å²) in [6, 6.07) is 8.85. The Labute approximate surface area is 117 Å². The quantitative estimate of drug-likeness (QED) is 0.881. The zero-order valence-corrected chi connectivity index (χ0v) is 12.1. The molecular weight excluding hydrogens is 232 g/mol. The molecule has 3 rings (SSSR count). The van der Waals surface area contributed by atoms with Crippen molar-refractivity contribution in [2.75, 3.05) is 18.0 Å². The van der Waals surface area contributed by atoms with Gasteiger partial charge in [-0.25, -0.2) is 0 Å². The van der Waals surface area contributed by atoms with E-state index < -0.39 is 0 Å². The van der Waals surface area contributed by atoms with E-state index in [1.54, 1.807) is 0 Å². The Balaban J connectivity index is 1.77. The van der Waals surface area contributed by atoms with E-state index in [4.69, 9.17) is 5.73 Å². The molecule has 2 nitrogen and oxygen atoms in total. The molecule has 0 spiro atoms. The second kappa shape index (κ2) is 5.16. The van der Waals surface area contributed by atoms with E-state index in [1.807, 2.05) is 0 Å². The lowest BCUT2D eigenvalue weighted by atomic mass is 9.76. The van der Waals surface area contributed by atoms with Crippen molar-refractivity contribution in [3.8, 4) is 0 Å². The summed E-state index contributed by atoms with van der Waals surface area (Å²) in [7, 11) is 0. The molecule has 0 bridgehead atoms. The zero-order valence-electron chi connectivity index (χ0n) is 12.1. The van der Waals surface area contributed by atoms with Crippen molar-refractivity contribution < 1.29 is 0 Å². The second-order valence-corrected chi connectivity index (χ2v) is 6.72. The van der Waals surface area contributed by atoms with Crippen LogP contribution in [0.5, 0.6) is 0 Å². The highest BCUT2D eigenvalue weighted by Gasteiger charge is 2.33. The Bertz CT molecular complexity index is 443. The maximum Gasteiger partial charge on any atom is 0.0399 e. The van der Waals surface area contributed by atoms with Crippen LogP contribution in [0.1, 0.15) is 44.6 Å². The topological polar surface area (TPSA) is 29.3 Å². The summed E-state index contributed by atoms with van der Waals surface area (Å²) in [5.74, 6) is 0.791. The highest BCUT2D eigenvalue weighted by Crippen LogP contribution is 2.34. The Morgan fingerprint density at radius 1 is 1.32 bits per heavy atom. The molecule has 104 valence electrons. The Morgan fingerprint density at radius 3 is 3.00 bits per heavy atom. The molecule has 2 N–H and O–H groups in total. The number of nitrogens with zero attached hydrogens (tertiary/aromatic N) is 1. The van der Waals surface area contributed by atoms with Crippen LogP contribution in [0.4, 0.5) is 5.69 Å². The van der Waals surface area contributed by atoms with Gasteiger partial charge in [-0.05, 0) is 43.2 Å². The minimum absolute atomic E-state index is 0.0299. The minimum atomic E-state index is 0.0299. The fourth-order valence-electron chi connectivity index (χ4n) is 4.00. The van der Waals surface area contributed by atoms with Crippen LogP contribution in [0.2, 0.25) is 0 Å². The van der Waals surface area contributed by atoms with Gasteiger partial charge < -0.3 is 10.6 Å². The van der Waals surface area contributed by atoms with Gasteiger partial charge >= 0.3 is 0 Å². The molecular formula is C17H26N2. The molecule has 0 amide bonds. The third-order valence-electron chi connectivity index (χ3n) is 4.84. The SMILES string of the molecule is CC1CCCC(N)(CN2CCCc3ccccc32)C1. The maximum atomic E-state index is 6.70. The van der Waals surface area contributed by atoms with Gasteiger partial charge in [0.15, 0.2) is 0 Å². The summed E-state index contributed by atoms with van der Waals surface area (Å²) < 4.78 is 0. The Morgan fingerprint density at radius 2 is 2.16 bits per heavy atom.